The number of aromatic nitrogens is 18. The van der Waals surface area contributed by atoms with Crippen molar-refractivity contribution in [1.82, 2.24) is 88.7 Å². The lowest BCUT2D eigenvalue weighted by Gasteiger charge is -2.00. The molecular formula is C45H39N21O3. The molecule has 342 valence electrons. The van der Waals surface area contributed by atoms with Crippen molar-refractivity contribution in [2.75, 3.05) is 26.4 Å². The first-order chi connectivity index (χ1) is 34.0. The highest BCUT2D eigenvalue weighted by molar-refractivity contribution is 5.63. The van der Waals surface area contributed by atoms with Gasteiger partial charge in [0.15, 0.2) is 34.4 Å². The van der Waals surface area contributed by atoms with E-state index in [-0.39, 0.29) is 26.4 Å². The van der Waals surface area contributed by atoms with Gasteiger partial charge in [0.05, 0.1) is 38.7 Å². The van der Waals surface area contributed by atoms with Gasteiger partial charge in [0.25, 0.3) is 0 Å². The zero-order valence-corrected chi connectivity index (χ0v) is 36.3. The van der Waals surface area contributed by atoms with Crippen molar-refractivity contribution in [3.05, 3.63) is 157 Å². The Bertz CT molecular complexity index is 3320. The Balaban J connectivity index is 0.000000133. The molecule has 11 aromatic heterocycles. The summed E-state index contributed by atoms with van der Waals surface area (Å²) in [6, 6.07) is 28.5. The second-order valence-corrected chi connectivity index (χ2v) is 14.2. The molecule has 11 aromatic rings. The van der Waals surface area contributed by atoms with Gasteiger partial charge >= 0.3 is 0 Å². The molecule has 11 rings (SSSR count). The van der Waals surface area contributed by atoms with Crippen LogP contribution in [0.4, 0.5) is 0 Å². The van der Waals surface area contributed by atoms with Crippen molar-refractivity contribution >= 4 is 16.9 Å². The molecule has 0 amide bonds. The predicted octanol–water partition coefficient (Wildman–Crippen LogP) is 4.15. The summed E-state index contributed by atoms with van der Waals surface area (Å²) in [5.41, 5.74) is 16.0. The third kappa shape index (κ3) is 11.1. The molecule has 24 heteroatoms. The molecule has 0 unspecified atom stereocenters. The number of hydrogen-bond acceptors (Lipinski definition) is 17. The summed E-state index contributed by atoms with van der Waals surface area (Å²) in [5.74, 6) is 4.63. The monoisotopic (exact) mass is 921 g/mol. The molecule has 24 nitrogen and oxygen atoms in total. The smallest absolute Gasteiger partial charge is 0.186 e. The summed E-state index contributed by atoms with van der Waals surface area (Å²) in [4.78, 5) is 15.6. The number of pyridine rings is 6. The second kappa shape index (κ2) is 22.5. The normalized spacial score (nSPS) is 10.6. The standard InChI is InChI=1S/2C15H13N7O.C13H8N4.C2H5N3O/c2*23-8-7-21-10-13(17-20-21)11-4-5-12(16-9-11)15-19-18-14-3-1-2-6-22(14)15;1-2-10-6-7-11(14-9-10)13-16-15-12-5-3-4-8-17(12)13;3-5-4-1-2-6/h2*1-6,9-10,23H,7-8H2;1,3-9H;6H,1-2H2. The van der Waals surface area contributed by atoms with E-state index in [1.165, 1.54) is 0 Å². The van der Waals surface area contributed by atoms with E-state index in [9.17, 15) is 0 Å². The quantitative estimate of drug-likeness (QED) is 0.0710. The van der Waals surface area contributed by atoms with Crippen LogP contribution in [0.1, 0.15) is 5.56 Å². The molecule has 0 bridgehead atoms. The number of nitrogens with zero attached hydrogens (tertiary/aromatic N) is 21. The Morgan fingerprint density at radius 2 is 0.942 bits per heavy atom. The number of rotatable bonds is 11. The van der Waals surface area contributed by atoms with E-state index in [0.29, 0.717) is 42.0 Å². The average molecular weight is 922 g/mol. The largest absolute Gasteiger partial charge is 0.396 e. The molecule has 0 aliphatic carbocycles. The van der Waals surface area contributed by atoms with Gasteiger partial charge in [-0.1, -0.05) is 39.7 Å². The summed E-state index contributed by atoms with van der Waals surface area (Å²) < 4.78 is 8.85. The van der Waals surface area contributed by atoms with Crippen LogP contribution in [0.2, 0.25) is 0 Å². The molecule has 0 radical (unpaired) electrons. The van der Waals surface area contributed by atoms with Crippen LogP contribution in [-0.4, -0.2) is 130 Å². The minimum atomic E-state index is -0.0654. The van der Waals surface area contributed by atoms with Crippen molar-refractivity contribution in [3.8, 4) is 69.4 Å². The molecule has 0 saturated carbocycles. The van der Waals surface area contributed by atoms with Gasteiger partial charge in [0, 0.05) is 71.9 Å². The fraction of sp³-hybridized carbons (Fsp3) is 0.133. The first-order valence-electron chi connectivity index (χ1n) is 20.9. The van der Waals surface area contributed by atoms with Crippen molar-refractivity contribution in [3.63, 3.8) is 0 Å². The number of azide groups is 1. The molecule has 69 heavy (non-hydrogen) atoms. The Morgan fingerprint density at radius 3 is 1.28 bits per heavy atom. The fourth-order valence-electron chi connectivity index (χ4n) is 6.39. The molecular weight excluding hydrogens is 883 g/mol. The van der Waals surface area contributed by atoms with Crippen LogP contribution in [0.25, 0.3) is 84.5 Å². The van der Waals surface area contributed by atoms with Crippen LogP contribution < -0.4 is 0 Å². The first-order valence-corrected chi connectivity index (χ1v) is 20.9. The van der Waals surface area contributed by atoms with E-state index >= 15 is 0 Å². The van der Waals surface area contributed by atoms with Crippen LogP contribution >= 0.6 is 0 Å². The van der Waals surface area contributed by atoms with E-state index in [2.05, 4.69) is 82.1 Å². The van der Waals surface area contributed by atoms with E-state index in [0.717, 1.165) is 50.7 Å². The number of aliphatic hydroxyl groups is 3. The van der Waals surface area contributed by atoms with Crippen molar-refractivity contribution in [2.45, 2.75) is 13.1 Å². The zero-order chi connectivity index (χ0) is 47.8. The predicted molar refractivity (Wildman–Crippen MR) is 250 cm³/mol. The van der Waals surface area contributed by atoms with Crippen molar-refractivity contribution in [1.29, 1.82) is 0 Å². The number of hydrogen-bond donors (Lipinski definition) is 3. The molecule has 0 aromatic carbocycles. The molecule has 3 N–H and O–H groups in total. The van der Waals surface area contributed by atoms with Gasteiger partial charge in [-0.15, -0.1) is 47.2 Å². The molecule has 11 heterocycles. The summed E-state index contributed by atoms with van der Waals surface area (Å²) >= 11 is 0. The van der Waals surface area contributed by atoms with E-state index < -0.39 is 0 Å². The summed E-state index contributed by atoms with van der Waals surface area (Å²) in [5, 5.41) is 69.6. The topological polar surface area (TPSA) is 300 Å². The average Bonchev–Trinajstić information content (AvgIpc) is 4.28. The highest BCUT2D eigenvalue weighted by Gasteiger charge is 2.13. The van der Waals surface area contributed by atoms with Crippen LogP contribution in [-0.2, 0) is 13.1 Å². The van der Waals surface area contributed by atoms with Gasteiger partial charge < -0.3 is 15.3 Å². The number of fused-ring (bicyclic) bond motifs is 3. The molecule has 0 fully saturated rings. The highest BCUT2D eigenvalue weighted by atomic mass is 16.3. The molecule has 0 aliphatic heterocycles. The molecule has 0 atom stereocenters. The summed E-state index contributed by atoms with van der Waals surface area (Å²) in [6.45, 7) is 1.01. The lowest BCUT2D eigenvalue weighted by Crippen LogP contribution is -2.01. The van der Waals surface area contributed by atoms with Crippen LogP contribution in [0, 0.1) is 12.3 Å². The molecule has 0 saturated heterocycles. The number of terminal acetylenes is 1. The summed E-state index contributed by atoms with van der Waals surface area (Å²) in [7, 11) is 0. The van der Waals surface area contributed by atoms with E-state index in [1.54, 1.807) is 40.3 Å². The third-order valence-corrected chi connectivity index (χ3v) is 9.68. The maximum Gasteiger partial charge on any atom is 0.186 e. The van der Waals surface area contributed by atoms with E-state index in [4.69, 9.17) is 27.3 Å². The third-order valence-electron chi connectivity index (χ3n) is 9.68. The molecule has 0 aliphatic rings. The maximum atomic E-state index is 8.91. The van der Waals surface area contributed by atoms with Gasteiger partial charge in [0.1, 0.15) is 28.5 Å². The first kappa shape index (κ1) is 45.9. The minimum Gasteiger partial charge on any atom is -0.396 e. The Hall–Kier alpha value is -9.66. The molecule has 0 spiro atoms. The second-order valence-electron chi connectivity index (χ2n) is 14.2. The van der Waals surface area contributed by atoms with Crippen LogP contribution in [0.5, 0.6) is 0 Å². The van der Waals surface area contributed by atoms with Gasteiger partial charge in [0.2, 0.25) is 0 Å². The van der Waals surface area contributed by atoms with Gasteiger partial charge in [-0.05, 0) is 78.3 Å². The van der Waals surface area contributed by atoms with Crippen LogP contribution in [0.15, 0.2) is 146 Å². The van der Waals surface area contributed by atoms with Crippen LogP contribution in [0.3, 0.4) is 0 Å². The SMILES string of the molecule is C#Cc1ccc(-c2nnc3ccccn23)nc1.OCCn1cc(-c2ccc(-c3nnc4ccccn34)nc2)nn1.OCCn1cc(-c2ccc(-c3nnc4ccccn34)nc2)nn1.[N-]=[N+]=NCCO. The van der Waals surface area contributed by atoms with Crippen molar-refractivity contribution < 1.29 is 15.3 Å². The van der Waals surface area contributed by atoms with E-state index in [1.807, 2.05) is 123 Å². The zero-order valence-electron chi connectivity index (χ0n) is 36.3. The summed E-state index contributed by atoms with van der Waals surface area (Å²) in [6.07, 6.45) is 19.7. The van der Waals surface area contributed by atoms with Gasteiger partial charge in [-0.3, -0.25) is 28.2 Å². The Labute approximate surface area is 390 Å². The minimum absolute atomic E-state index is 0.0277. The maximum absolute atomic E-state index is 8.91. The fourth-order valence-corrected chi connectivity index (χ4v) is 6.39. The van der Waals surface area contributed by atoms with Gasteiger partial charge in [-0.2, -0.15) is 0 Å². The lowest BCUT2D eigenvalue weighted by molar-refractivity contribution is 0.267. The lowest BCUT2D eigenvalue weighted by atomic mass is 10.2. The Kier molecular flexibility index (Phi) is 15.0. The Morgan fingerprint density at radius 1 is 0.507 bits per heavy atom. The number of aliphatic hydroxyl groups excluding tert-OH is 3. The van der Waals surface area contributed by atoms with Gasteiger partial charge in [-0.25, -0.2) is 9.36 Å². The highest BCUT2D eigenvalue weighted by Crippen LogP contribution is 2.22. The van der Waals surface area contributed by atoms with Crippen molar-refractivity contribution in [2.24, 2.45) is 5.11 Å².